The van der Waals surface area contributed by atoms with E-state index in [1.54, 1.807) is 30.3 Å². The molecule has 1 heterocycles. The summed E-state index contributed by atoms with van der Waals surface area (Å²) in [5.41, 5.74) is -0.326. The van der Waals surface area contributed by atoms with Crippen molar-refractivity contribution in [3.05, 3.63) is 84.2 Å². The molecule has 0 aromatic heterocycles. The van der Waals surface area contributed by atoms with Crippen LogP contribution in [0.3, 0.4) is 0 Å². The topological polar surface area (TPSA) is 119 Å². The number of nitrogens with zero attached hydrogens (tertiary/aromatic N) is 1. The number of esters is 2. The first-order chi connectivity index (χ1) is 15.3. The first-order valence-corrected chi connectivity index (χ1v) is 10.6. The molecule has 0 unspecified atom stereocenters. The molecule has 1 aliphatic rings. The largest absolute Gasteiger partial charge is 0.465 e. The molecule has 0 saturated carbocycles. The summed E-state index contributed by atoms with van der Waals surface area (Å²) in [5, 5.41) is 0. The molecule has 32 heavy (non-hydrogen) atoms. The molecule has 0 atom stereocenters. The standard InChI is InChI=1S/C22H19NO8S/c1-29-21(24)17-10-6-7-13-23(20(17)22(25)30-2)18-14-16(32(26,27)28)11-12-19(18)31-15-8-4-3-5-9-15/h3-14H,1-2H3,(H,26,27,28). The number of ether oxygens (including phenoxy) is 3. The molecule has 3 rings (SSSR count). The Hall–Kier alpha value is -3.89. The number of allylic oxidation sites excluding steroid dienone is 2. The van der Waals surface area contributed by atoms with Gasteiger partial charge in [-0.3, -0.25) is 4.55 Å². The number of benzene rings is 2. The van der Waals surface area contributed by atoms with E-state index in [0.29, 0.717) is 5.75 Å². The van der Waals surface area contributed by atoms with E-state index in [0.717, 1.165) is 26.4 Å². The van der Waals surface area contributed by atoms with E-state index in [-0.39, 0.29) is 22.7 Å². The maximum Gasteiger partial charge on any atom is 0.355 e. The van der Waals surface area contributed by atoms with Crippen molar-refractivity contribution >= 4 is 27.7 Å². The van der Waals surface area contributed by atoms with Crippen molar-refractivity contribution in [2.75, 3.05) is 19.1 Å². The molecule has 9 nitrogen and oxygen atoms in total. The monoisotopic (exact) mass is 457 g/mol. The molecule has 0 fully saturated rings. The van der Waals surface area contributed by atoms with E-state index in [1.807, 2.05) is 0 Å². The third kappa shape index (κ3) is 4.88. The van der Waals surface area contributed by atoms with Gasteiger partial charge >= 0.3 is 11.9 Å². The van der Waals surface area contributed by atoms with Gasteiger partial charge in [-0.25, -0.2) is 9.59 Å². The summed E-state index contributed by atoms with van der Waals surface area (Å²) in [5.74, 6) is -1.13. The molecule has 1 N–H and O–H groups in total. The second-order valence-corrected chi connectivity index (χ2v) is 7.76. The molecular weight excluding hydrogens is 438 g/mol. The van der Waals surface area contributed by atoms with Gasteiger partial charge in [-0.15, -0.1) is 0 Å². The van der Waals surface area contributed by atoms with Crippen molar-refractivity contribution < 1.29 is 36.8 Å². The molecule has 0 spiro atoms. The Bertz CT molecular complexity index is 1230. The van der Waals surface area contributed by atoms with E-state index >= 15 is 0 Å². The van der Waals surface area contributed by atoms with Gasteiger partial charge in [-0.1, -0.05) is 24.3 Å². The molecule has 0 saturated heterocycles. The molecule has 2 aromatic carbocycles. The van der Waals surface area contributed by atoms with E-state index in [2.05, 4.69) is 0 Å². The van der Waals surface area contributed by atoms with Crippen LogP contribution < -0.4 is 9.64 Å². The molecule has 166 valence electrons. The summed E-state index contributed by atoms with van der Waals surface area (Å²) in [6, 6.07) is 12.2. The van der Waals surface area contributed by atoms with Crippen LogP contribution in [0.5, 0.6) is 11.5 Å². The Morgan fingerprint density at radius 1 is 0.938 bits per heavy atom. The normalized spacial score (nSPS) is 13.5. The summed E-state index contributed by atoms with van der Waals surface area (Å²) in [6.07, 6.45) is 5.80. The zero-order valence-electron chi connectivity index (χ0n) is 17.1. The van der Waals surface area contributed by atoms with Gasteiger partial charge in [-0.2, -0.15) is 8.42 Å². The number of hydrogen-bond donors (Lipinski definition) is 1. The number of carbonyl (C=O) groups is 2. The summed E-state index contributed by atoms with van der Waals surface area (Å²) in [4.78, 5) is 25.8. The average Bonchev–Trinajstić information content (AvgIpc) is 3.01. The number of anilines is 1. The van der Waals surface area contributed by atoms with Crippen molar-refractivity contribution in [3.63, 3.8) is 0 Å². The fraction of sp³-hybridized carbons (Fsp3) is 0.0909. The predicted octanol–water partition coefficient (Wildman–Crippen LogP) is 3.22. The SMILES string of the molecule is COC(=O)C1=C(C(=O)OC)N(c2cc(S(=O)(=O)O)ccc2Oc2ccccc2)C=CC=C1. The van der Waals surface area contributed by atoms with Crippen molar-refractivity contribution in [2.24, 2.45) is 0 Å². The van der Waals surface area contributed by atoms with Crippen LogP contribution in [0.25, 0.3) is 0 Å². The fourth-order valence-corrected chi connectivity index (χ4v) is 3.40. The van der Waals surface area contributed by atoms with Crippen molar-refractivity contribution in [1.29, 1.82) is 0 Å². The number of hydrogen-bond acceptors (Lipinski definition) is 8. The highest BCUT2D eigenvalue weighted by Gasteiger charge is 2.30. The number of rotatable bonds is 6. The van der Waals surface area contributed by atoms with Gasteiger partial charge in [0.2, 0.25) is 0 Å². The van der Waals surface area contributed by atoms with Crippen molar-refractivity contribution in [2.45, 2.75) is 4.90 Å². The van der Waals surface area contributed by atoms with Gasteiger partial charge in [0.1, 0.15) is 11.4 Å². The lowest BCUT2D eigenvalue weighted by Crippen LogP contribution is -2.27. The van der Waals surface area contributed by atoms with Crippen molar-refractivity contribution in [3.8, 4) is 11.5 Å². The third-order valence-corrected chi connectivity index (χ3v) is 5.20. The molecule has 2 aromatic rings. The number of para-hydroxylation sites is 1. The second kappa shape index (κ2) is 9.50. The Morgan fingerprint density at radius 2 is 1.62 bits per heavy atom. The molecule has 0 amide bonds. The zero-order valence-corrected chi connectivity index (χ0v) is 17.9. The molecule has 10 heteroatoms. The molecule has 0 radical (unpaired) electrons. The third-order valence-electron chi connectivity index (χ3n) is 4.35. The lowest BCUT2D eigenvalue weighted by molar-refractivity contribution is -0.139. The van der Waals surface area contributed by atoms with E-state index in [1.165, 1.54) is 35.4 Å². The van der Waals surface area contributed by atoms with Gasteiger partial charge in [0.15, 0.2) is 5.75 Å². The number of carbonyl (C=O) groups excluding carboxylic acids is 2. The lowest BCUT2D eigenvalue weighted by Gasteiger charge is -2.25. The van der Waals surface area contributed by atoms with E-state index in [4.69, 9.17) is 14.2 Å². The van der Waals surface area contributed by atoms with E-state index in [9.17, 15) is 22.6 Å². The maximum absolute atomic E-state index is 12.7. The van der Waals surface area contributed by atoms with E-state index < -0.39 is 27.0 Å². The second-order valence-electron chi connectivity index (χ2n) is 6.34. The van der Waals surface area contributed by atoms with Crippen LogP contribution in [0.2, 0.25) is 0 Å². The quantitative estimate of drug-likeness (QED) is 0.515. The highest BCUT2D eigenvalue weighted by atomic mass is 32.2. The van der Waals surface area contributed by atoms with Crippen LogP contribution in [0.15, 0.2) is 89.1 Å². The summed E-state index contributed by atoms with van der Waals surface area (Å²) >= 11 is 0. The Kier molecular flexibility index (Phi) is 6.76. The summed E-state index contributed by atoms with van der Waals surface area (Å²) < 4.78 is 48.6. The highest BCUT2D eigenvalue weighted by molar-refractivity contribution is 7.85. The molecule has 0 aliphatic carbocycles. The van der Waals surface area contributed by atoms with Gasteiger partial charge in [0.05, 0.1) is 30.4 Å². The zero-order chi connectivity index (χ0) is 23.3. The number of methoxy groups -OCH3 is 2. The molecular formula is C22H19NO8S. The minimum absolute atomic E-state index is 0.0470. The lowest BCUT2D eigenvalue weighted by atomic mass is 10.1. The highest BCUT2D eigenvalue weighted by Crippen LogP contribution is 2.38. The Balaban J connectivity index is 2.28. The van der Waals surface area contributed by atoms with Gasteiger partial charge in [0.25, 0.3) is 10.1 Å². The van der Waals surface area contributed by atoms with Crippen LogP contribution in [0, 0.1) is 0 Å². The van der Waals surface area contributed by atoms with Crippen LogP contribution >= 0.6 is 0 Å². The van der Waals surface area contributed by atoms with Crippen LogP contribution in [-0.4, -0.2) is 39.1 Å². The van der Waals surface area contributed by atoms with Crippen molar-refractivity contribution in [1.82, 2.24) is 0 Å². The average molecular weight is 457 g/mol. The van der Waals surface area contributed by atoms with Crippen LogP contribution in [0.1, 0.15) is 0 Å². The minimum Gasteiger partial charge on any atom is -0.465 e. The first-order valence-electron chi connectivity index (χ1n) is 9.15. The van der Waals surface area contributed by atoms with Crippen LogP contribution in [-0.2, 0) is 29.2 Å². The van der Waals surface area contributed by atoms with Gasteiger partial charge < -0.3 is 19.1 Å². The summed E-state index contributed by atoms with van der Waals surface area (Å²) in [6.45, 7) is 0. The summed E-state index contributed by atoms with van der Waals surface area (Å²) in [7, 11) is -2.29. The first kappa shape index (κ1) is 22.8. The molecule has 1 aliphatic heterocycles. The van der Waals surface area contributed by atoms with Gasteiger partial charge in [-0.05, 0) is 42.5 Å². The smallest absolute Gasteiger partial charge is 0.355 e. The Morgan fingerprint density at radius 3 is 2.25 bits per heavy atom. The van der Waals surface area contributed by atoms with Crippen LogP contribution in [0.4, 0.5) is 5.69 Å². The Labute approximate surface area is 184 Å². The maximum atomic E-state index is 12.7. The predicted molar refractivity (Wildman–Crippen MR) is 115 cm³/mol. The fourth-order valence-electron chi connectivity index (χ4n) is 2.90. The molecule has 0 bridgehead atoms. The minimum atomic E-state index is -4.59. The van der Waals surface area contributed by atoms with Gasteiger partial charge in [0, 0.05) is 6.20 Å².